The topological polar surface area (TPSA) is 62.3 Å². The van der Waals surface area contributed by atoms with E-state index in [-0.39, 0.29) is 17.9 Å². The lowest BCUT2D eigenvalue weighted by Gasteiger charge is -2.31. The number of carbonyl (C=O) groups is 2. The summed E-state index contributed by atoms with van der Waals surface area (Å²) in [4.78, 5) is 32.3. The summed E-state index contributed by atoms with van der Waals surface area (Å²) in [6.07, 6.45) is 3.26. The van der Waals surface area contributed by atoms with E-state index in [0.717, 1.165) is 40.4 Å². The maximum absolute atomic E-state index is 13.0. The highest BCUT2D eigenvalue weighted by Gasteiger charge is 2.27. The summed E-state index contributed by atoms with van der Waals surface area (Å²) in [6.45, 7) is 7.42. The van der Waals surface area contributed by atoms with Crippen LogP contribution in [0.2, 0.25) is 0 Å². The molecule has 1 aromatic heterocycles. The molecule has 1 fully saturated rings. The number of nitrogens with one attached hydrogen (secondary N) is 1. The molecule has 6 heteroatoms. The van der Waals surface area contributed by atoms with Crippen molar-refractivity contribution in [1.82, 2.24) is 15.2 Å². The molecule has 2 amide bonds. The summed E-state index contributed by atoms with van der Waals surface area (Å²) in [5.41, 5.74) is 1.84. The second kappa shape index (κ2) is 9.32. The van der Waals surface area contributed by atoms with Crippen molar-refractivity contribution in [1.29, 1.82) is 0 Å². The van der Waals surface area contributed by atoms with Crippen LogP contribution in [0.4, 0.5) is 0 Å². The molecule has 0 radical (unpaired) electrons. The molecule has 1 saturated heterocycles. The zero-order chi connectivity index (χ0) is 20.1. The molecule has 1 unspecified atom stereocenters. The van der Waals surface area contributed by atoms with Crippen LogP contribution in [0.3, 0.4) is 0 Å². The van der Waals surface area contributed by atoms with Crippen molar-refractivity contribution >= 4 is 23.2 Å². The number of hydrogen-bond donors (Lipinski definition) is 1. The van der Waals surface area contributed by atoms with Crippen LogP contribution in [0.1, 0.15) is 54.9 Å². The first-order valence-corrected chi connectivity index (χ1v) is 10.9. The fourth-order valence-corrected chi connectivity index (χ4v) is 4.52. The lowest BCUT2D eigenvalue weighted by Crippen LogP contribution is -2.40. The average molecular weight is 400 g/mol. The van der Waals surface area contributed by atoms with E-state index < -0.39 is 0 Å². The van der Waals surface area contributed by atoms with Crippen LogP contribution in [-0.4, -0.2) is 40.8 Å². The lowest BCUT2D eigenvalue weighted by atomic mass is 9.93. The summed E-state index contributed by atoms with van der Waals surface area (Å²) >= 11 is 1.47. The van der Waals surface area contributed by atoms with Gasteiger partial charge in [0.25, 0.3) is 5.91 Å². The van der Waals surface area contributed by atoms with Gasteiger partial charge in [0.05, 0.1) is 5.69 Å². The molecule has 0 bridgehead atoms. The van der Waals surface area contributed by atoms with Crippen molar-refractivity contribution in [3.63, 3.8) is 0 Å². The third-order valence-electron chi connectivity index (χ3n) is 5.41. The van der Waals surface area contributed by atoms with Gasteiger partial charge in [0.15, 0.2) is 0 Å². The first kappa shape index (κ1) is 20.5. The molecule has 1 aliphatic rings. The van der Waals surface area contributed by atoms with E-state index in [1.807, 2.05) is 49.1 Å². The summed E-state index contributed by atoms with van der Waals surface area (Å²) in [5, 5.41) is 3.92. The summed E-state index contributed by atoms with van der Waals surface area (Å²) < 4.78 is 0. The Morgan fingerprint density at radius 1 is 1.25 bits per heavy atom. The standard InChI is InChI=1S/C22H29N3O2S/c1-4-15(2)23-19(26)14-17-10-12-25(13-11-17)22(27)20-16(3)24-21(28-20)18-8-6-5-7-9-18/h5-9,15,17H,4,10-14H2,1-3H3,(H,23,26). The monoisotopic (exact) mass is 399 g/mol. The van der Waals surface area contributed by atoms with E-state index in [2.05, 4.69) is 17.2 Å². The van der Waals surface area contributed by atoms with Crippen LogP contribution >= 0.6 is 11.3 Å². The predicted molar refractivity (Wildman–Crippen MR) is 113 cm³/mol. The molecular weight excluding hydrogens is 370 g/mol. The number of benzene rings is 1. The molecule has 2 aromatic rings. The molecule has 0 aliphatic carbocycles. The molecule has 3 rings (SSSR count). The summed E-state index contributed by atoms with van der Waals surface area (Å²) in [7, 11) is 0. The summed E-state index contributed by atoms with van der Waals surface area (Å²) in [5.74, 6) is 0.556. The van der Waals surface area contributed by atoms with Gasteiger partial charge in [-0.25, -0.2) is 4.98 Å². The third kappa shape index (κ3) is 4.98. The molecule has 2 heterocycles. The zero-order valence-electron chi connectivity index (χ0n) is 16.9. The van der Waals surface area contributed by atoms with E-state index in [0.29, 0.717) is 25.4 Å². The Morgan fingerprint density at radius 2 is 1.93 bits per heavy atom. The number of thiazole rings is 1. The highest BCUT2D eigenvalue weighted by atomic mass is 32.1. The highest BCUT2D eigenvalue weighted by molar-refractivity contribution is 7.17. The quantitative estimate of drug-likeness (QED) is 0.789. The van der Waals surface area contributed by atoms with Crippen molar-refractivity contribution in [2.45, 2.75) is 52.5 Å². The van der Waals surface area contributed by atoms with Crippen molar-refractivity contribution in [2.75, 3.05) is 13.1 Å². The van der Waals surface area contributed by atoms with Gasteiger partial charge >= 0.3 is 0 Å². The Kier molecular flexibility index (Phi) is 6.83. The van der Waals surface area contributed by atoms with Gasteiger partial charge in [-0.05, 0) is 39.0 Å². The molecule has 5 nitrogen and oxygen atoms in total. The van der Waals surface area contributed by atoms with E-state index in [4.69, 9.17) is 0 Å². The second-order valence-electron chi connectivity index (χ2n) is 7.62. The molecule has 0 spiro atoms. The Labute approximate surface area is 171 Å². The second-order valence-corrected chi connectivity index (χ2v) is 8.62. The summed E-state index contributed by atoms with van der Waals surface area (Å²) in [6, 6.07) is 10.2. The van der Waals surface area contributed by atoms with Gasteiger partial charge < -0.3 is 10.2 Å². The maximum atomic E-state index is 13.0. The van der Waals surface area contributed by atoms with E-state index in [9.17, 15) is 9.59 Å². The van der Waals surface area contributed by atoms with Gasteiger partial charge in [-0.3, -0.25) is 9.59 Å². The number of carbonyl (C=O) groups excluding carboxylic acids is 2. The zero-order valence-corrected chi connectivity index (χ0v) is 17.7. The SMILES string of the molecule is CCC(C)NC(=O)CC1CCN(C(=O)c2sc(-c3ccccc3)nc2C)CC1. The Morgan fingerprint density at radius 3 is 2.57 bits per heavy atom. The van der Waals surface area contributed by atoms with Crippen LogP contribution in [-0.2, 0) is 4.79 Å². The fraction of sp³-hybridized carbons (Fsp3) is 0.500. The number of rotatable bonds is 6. The van der Waals surface area contributed by atoms with E-state index in [1.54, 1.807) is 0 Å². The first-order chi connectivity index (χ1) is 13.5. The van der Waals surface area contributed by atoms with Gasteiger partial charge in [-0.1, -0.05) is 37.3 Å². The molecule has 28 heavy (non-hydrogen) atoms. The molecule has 1 atom stereocenters. The third-order valence-corrected chi connectivity index (χ3v) is 6.60. The molecule has 1 aliphatic heterocycles. The number of aryl methyl sites for hydroxylation is 1. The van der Waals surface area contributed by atoms with Crippen LogP contribution in [0.25, 0.3) is 10.6 Å². The van der Waals surface area contributed by atoms with Gasteiger partial charge in [0, 0.05) is 31.1 Å². The Bertz CT molecular complexity index is 810. The maximum Gasteiger partial charge on any atom is 0.265 e. The minimum Gasteiger partial charge on any atom is -0.354 e. The van der Waals surface area contributed by atoms with Gasteiger partial charge in [-0.2, -0.15) is 0 Å². The largest absolute Gasteiger partial charge is 0.354 e. The lowest BCUT2D eigenvalue weighted by molar-refractivity contribution is -0.122. The molecule has 150 valence electrons. The number of amides is 2. The number of nitrogens with zero attached hydrogens (tertiary/aromatic N) is 2. The molecular formula is C22H29N3O2S. The van der Waals surface area contributed by atoms with Gasteiger partial charge in [0.1, 0.15) is 9.88 Å². The van der Waals surface area contributed by atoms with Crippen LogP contribution in [0.5, 0.6) is 0 Å². The number of likely N-dealkylation sites (tertiary alicyclic amines) is 1. The first-order valence-electron chi connectivity index (χ1n) is 10.1. The van der Waals surface area contributed by atoms with Crippen LogP contribution in [0, 0.1) is 12.8 Å². The molecule has 1 N–H and O–H groups in total. The smallest absolute Gasteiger partial charge is 0.265 e. The van der Waals surface area contributed by atoms with Gasteiger partial charge in [-0.15, -0.1) is 11.3 Å². The van der Waals surface area contributed by atoms with E-state index >= 15 is 0 Å². The number of hydrogen-bond acceptors (Lipinski definition) is 4. The van der Waals surface area contributed by atoms with Crippen LogP contribution in [0.15, 0.2) is 30.3 Å². The van der Waals surface area contributed by atoms with Crippen LogP contribution < -0.4 is 5.32 Å². The number of aromatic nitrogens is 1. The van der Waals surface area contributed by atoms with Crippen molar-refractivity contribution < 1.29 is 9.59 Å². The normalized spacial score (nSPS) is 16.0. The molecule has 0 saturated carbocycles. The average Bonchev–Trinajstić information content (AvgIpc) is 3.10. The van der Waals surface area contributed by atoms with E-state index in [1.165, 1.54) is 11.3 Å². The van der Waals surface area contributed by atoms with Crippen molar-refractivity contribution in [3.8, 4) is 10.6 Å². The van der Waals surface area contributed by atoms with Crippen molar-refractivity contribution in [2.24, 2.45) is 5.92 Å². The Hall–Kier alpha value is -2.21. The number of piperidine rings is 1. The predicted octanol–water partition coefficient (Wildman–Crippen LogP) is 4.28. The fourth-order valence-electron chi connectivity index (χ4n) is 3.48. The highest BCUT2D eigenvalue weighted by Crippen LogP contribution is 2.30. The minimum atomic E-state index is 0.0692. The van der Waals surface area contributed by atoms with Crippen molar-refractivity contribution in [3.05, 3.63) is 40.9 Å². The molecule has 1 aromatic carbocycles. The van der Waals surface area contributed by atoms with Gasteiger partial charge in [0.2, 0.25) is 5.91 Å². The Balaban J connectivity index is 1.57. The minimum absolute atomic E-state index is 0.0692.